The van der Waals surface area contributed by atoms with Gasteiger partial charge in [0.2, 0.25) is 0 Å². The maximum Gasteiger partial charge on any atom is 0.322 e. The lowest BCUT2D eigenvalue weighted by molar-refractivity contribution is -0.384. The van der Waals surface area contributed by atoms with Gasteiger partial charge in [-0.1, -0.05) is 0 Å². The van der Waals surface area contributed by atoms with Crippen LogP contribution in [0.4, 0.5) is 15.8 Å². The third kappa shape index (κ3) is 2.90. The van der Waals surface area contributed by atoms with Crippen LogP contribution in [0.25, 0.3) is 0 Å². The van der Waals surface area contributed by atoms with Gasteiger partial charge in [0, 0.05) is 12.1 Å². The van der Waals surface area contributed by atoms with Crippen molar-refractivity contribution in [1.82, 2.24) is 0 Å². The Morgan fingerprint density at radius 3 is 2.80 bits per heavy atom. The molecule has 1 aromatic rings. The number of nitrogens with one attached hydrogen (secondary N) is 1. The summed E-state index contributed by atoms with van der Waals surface area (Å²) in [5.41, 5.74) is -0.514. The minimum absolute atomic E-state index is 0.151. The molecule has 0 amide bonds. The maximum absolute atomic E-state index is 12.7. The number of carboxylic acid groups (broad SMARTS) is 1. The molecule has 0 aliphatic rings. The van der Waals surface area contributed by atoms with Crippen molar-refractivity contribution >= 4 is 17.3 Å². The molecule has 6 nitrogen and oxygen atoms in total. The molecule has 7 heteroatoms. The number of hydrogen-bond donors (Lipinski definition) is 2. The zero-order valence-corrected chi connectivity index (χ0v) is 7.44. The first-order valence-electron chi connectivity index (χ1n) is 3.90. The quantitative estimate of drug-likeness (QED) is 0.580. The van der Waals surface area contributed by atoms with Crippen LogP contribution in [-0.4, -0.2) is 22.5 Å². The van der Waals surface area contributed by atoms with E-state index < -0.39 is 23.3 Å². The second kappa shape index (κ2) is 4.36. The molecule has 1 aromatic carbocycles. The summed E-state index contributed by atoms with van der Waals surface area (Å²) >= 11 is 0. The van der Waals surface area contributed by atoms with E-state index in [9.17, 15) is 19.3 Å². The third-order valence-corrected chi connectivity index (χ3v) is 1.59. The second-order valence-corrected chi connectivity index (χ2v) is 2.67. The molecule has 0 radical (unpaired) electrons. The first kappa shape index (κ1) is 10.9. The standard InChI is InChI=1S/C8H7FN2O4/c9-5-1-2-7(11(14)15)6(3-5)10-4-8(12)13/h1-3,10H,4H2,(H,12,13). The Hall–Kier alpha value is -2.18. The molecular weight excluding hydrogens is 207 g/mol. The lowest BCUT2D eigenvalue weighted by Gasteiger charge is -2.03. The highest BCUT2D eigenvalue weighted by Crippen LogP contribution is 2.24. The van der Waals surface area contributed by atoms with E-state index in [1.807, 2.05) is 0 Å². The zero-order chi connectivity index (χ0) is 11.4. The van der Waals surface area contributed by atoms with E-state index in [0.29, 0.717) is 0 Å². The number of halogens is 1. The summed E-state index contributed by atoms with van der Waals surface area (Å²) in [6.07, 6.45) is 0. The van der Waals surface area contributed by atoms with E-state index in [1.54, 1.807) is 0 Å². The number of rotatable bonds is 4. The molecule has 0 bridgehead atoms. The Morgan fingerprint density at radius 1 is 1.60 bits per heavy atom. The lowest BCUT2D eigenvalue weighted by Crippen LogP contribution is -2.13. The van der Waals surface area contributed by atoms with Crippen LogP contribution in [0.2, 0.25) is 0 Å². The molecule has 0 saturated carbocycles. The van der Waals surface area contributed by atoms with Gasteiger partial charge in [0.1, 0.15) is 18.0 Å². The number of hydrogen-bond acceptors (Lipinski definition) is 4. The molecule has 0 aromatic heterocycles. The normalized spacial score (nSPS) is 9.67. The minimum atomic E-state index is -1.19. The molecule has 15 heavy (non-hydrogen) atoms. The molecule has 1 rings (SSSR count). The Kier molecular flexibility index (Phi) is 3.17. The van der Waals surface area contributed by atoms with Gasteiger partial charge in [-0.05, 0) is 6.07 Å². The average molecular weight is 214 g/mol. The van der Waals surface area contributed by atoms with E-state index in [0.717, 1.165) is 18.2 Å². The number of nitrogens with zero attached hydrogens (tertiary/aromatic N) is 1. The number of nitro benzene ring substituents is 1. The molecule has 0 spiro atoms. The van der Waals surface area contributed by atoms with Gasteiger partial charge in [0.05, 0.1) is 4.92 Å². The van der Waals surface area contributed by atoms with Crippen molar-refractivity contribution in [3.63, 3.8) is 0 Å². The van der Waals surface area contributed by atoms with Crippen LogP contribution in [0.3, 0.4) is 0 Å². The van der Waals surface area contributed by atoms with Crippen molar-refractivity contribution in [3.8, 4) is 0 Å². The van der Waals surface area contributed by atoms with E-state index in [-0.39, 0.29) is 11.4 Å². The van der Waals surface area contributed by atoms with Crippen LogP contribution in [-0.2, 0) is 4.79 Å². The lowest BCUT2D eigenvalue weighted by atomic mass is 10.2. The number of benzene rings is 1. The molecule has 0 atom stereocenters. The summed E-state index contributed by atoms with van der Waals surface area (Å²) in [5, 5.41) is 21.1. The van der Waals surface area contributed by atoms with Crippen molar-refractivity contribution in [3.05, 3.63) is 34.1 Å². The van der Waals surface area contributed by atoms with Gasteiger partial charge in [-0.25, -0.2) is 4.39 Å². The summed E-state index contributed by atoms with van der Waals surface area (Å²) in [6.45, 7) is -0.510. The van der Waals surface area contributed by atoms with Crippen molar-refractivity contribution in [1.29, 1.82) is 0 Å². The Labute approximate surface area is 83.5 Å². The van der Waals surface area contributed by atoms with Crippen LogP contribution in [0.5, 0.6) is 0 Å². The topological polar surface area (TPSA) is 92.5 Å². The fraction of sp³-hybridized carbons (Fsp3) is 0.125. The van der Waals surface area contributed by atoms with Gasteiger partial charge in [0.15, 0.2) is 0 Å². The predicted octanol–water partition coefficient (Wildman–Crippen LogP) is 1.23. The molecule has 0 fully saturated rings. The summed E-state index contributed by atoms with van der Waals surface area (Å²) < 4.78 is 12.7. The Morgan fingerprint density at radius 2 is 2.27 bits per heavy atom. The van der Waals surface area contributed by atoms with Gasteiger partial charge in [-0.2, -0.15) is 0 Å². The molecule has 0 saturated heterocycles. The second-order valence-electron chi connectivity index (χ2n) is 2.67. The summed E-state index contributed by atoms with van der Waals surface area (Å²) in [6, 6.07) is 2.78. The maximum atomic E-state index is 12.7. The van der Waals surface area contributed by atoms with E-state index in [2.05, 4.69) is 5.32 Å². The van der Waals surface area contributed by atoms with Gasteiger partial charge in [0.25, 0.3) is 5.69 Å². The monoisotopic (exact) mass is 214 g/mol. The van der Waals surface area contributed by atoms with Crippen molar-refractivity contribution in [2.75, 3.05) is 11.9 Å². The first-order valence-corrected chi connectivity index (χ1v) is 3.90. The van der Waals surface area contributed by atoms with Gasteiger partial charge < -0.3 is 10.4 Å². The highest BCUT2D eigenvalue weighted by atomic mass is 19.1. The average Bonchev–Trinajstić information content (AvgIpc) is 2.14. The highest BCUT2D eigenvalue weighted by molar-refractivity contribution is 5.74. The molecule has 0 unspecified atom stereocenters. The number of aliphatic carboxylic acids is 1. The number of carbonyl (C=O) groups is 1. The van der Waals surface area contributed by atoms with E-state index in [1.165, 1.54) is 0 Å². The molecule has 0 aliphatic heterocycles. The Bertz CT molecular complexity index is 408. The number of anilines is 1. The summed E-state index contributed by atoms with van der Waals surface area (Å²) in [5.74, 6) is -1.86. The molecule has 0 heterocycles. The van der Waals surface area contributed by atoms with Crippen LogP contribution < -0.4 is 5.32 Å². The fourth-order valence-corrected chi connectivity index (χ4v) is 0.980. The number of nitro groups is 1. The van der Waals surface area contributed by atoms with Crippen LogP contribution in [0, 0.1) is 15.9 Å². The first-order chi connectivity index (χ1) is 7.00. The van der Waals surface area contributed by atoms with Crippen molar-refractivity contribution in [2.24, 2.45) is 0 Å². The van der Waals surface area contributed by atoms with Crippen LogP contribution in [0.1, 0.15) is 0 Å². The number of carboxylic acids is 1. The van der Waals surface area contributed by atoms with Gasteiger partial charge in [-0.15, -0.1) is 0 Å². The van der Waals surface area contributed by atoms with E-state index in [4.69, 9.17) is 5.11 Å². The fourth-order valence-electron chi connectivity index (χ4n) is 0.980. The largest absolute Gasteiger partial charge is 0.480 e. The highest BCUT2D eigenvalue weighted by Gasteiger charge is 2.14. The summed E-state index contributed by atoms with van der Waals surface area (Å²) in [7, 11) is 0. The zero-order valence-electron chi connectivity index (χ0n) is 7.44. The molecule has 0 aliphatic carbocycles. The van der Waals surface area contributed by atoms with Gasteiger partial charge >= 0.3 is 5.97 Å². The summed E-state index contributed by atoms with van der Waals surface area (Å²) in [4.78, 5) is 20.0. The molecular formula is C8H7FN2O4. The van der Waals surface area contributed by atoms with Crippen LogP contribution in [0.15, 0.2) is 18.2 Å². The van der Waals surface area contributed by atoms with E-state index >= 15 is 0 Å². The SMILES string of the molecule is O=C(O)CNc1cc(F)ccc1[N+](=O)[O-]. The molecule has 2 N–H and O–H groups in total. The predicted molar refractivity (Wildman–Crippen MR) is 49.2 cm³/mol. The van der Waals surface area contributed by atoms with Crippen molar-refractivity contribution < 1.29 is 19.2 Å². The molecule has 80 valence electrons. The third-order valence-electron chi connectivity index (χ3n) is 1.59. The smallest absolute Gasteiger partial charge is 0.322 e. The van der Waals surface area contributed by atoms with Crippen molar-refractivity contribution in [2.45, 2.75) is 0 Å². The van der Waals surface area contributed by atoms with Crippen LogP contribution >= 0.6 is 0 Å². The minimum Gasteiger partial charge on any atom is -0.480 e. The Balaban J connectivity index is 2.96. The van der Waals surface area contributed by atoms with Gasteiger partial charge in [-0.3, -0.25) is 14.9 Å².